The van der Waals surface area contributed by atoms with E-state index in [2.05, 4.69) is 131 Å². The predicted octanol–water partition coefficient (Wildman–Crippen LogP) is 8.30. The van der Waals surface area contributed by atoms with Crippen molar-refractivity contribution in [2.75, 3.05) is 18.1 Å². The molecular weight excluding hydrogens is 468 g/mol. The van der Waals surface area contributed by atoms with Crippen molar-refractivity contribution in [1.29, 1.82) is 0 Å². The van der Waals surface area contributed by atoms with Crippen LogP contribution in [0.2, 0.25) is 0 Å². The van der Waals surface area contributed by atoms with Gasteiger partial charge in [0.2, 0.25) is 0 Å². The fourth-order valence-electron chi connectivity index (χ4n) is 5.31. The Hall–Kier alpha value is -4.38. The van der Waals surface area contributed by atoms with Gasteiger partial charge < -0.3 is 19.4 Å². The van der Waals surface area contributed by atoms with E-state index in [1.54, 1.807) is 0 Å². The Morgan fingerprint density at radius 1 is 0.737 bits per heavy atom. The van der Waals surface area contributed by atoms with Crippen LogP contribution >= 0.6 is 0 Å². The van der Waals surface area contributed by atoms with Crippen molar-refractivity contribution >= 4 is 38.9 Å². The van der Waals surface area contributed by atoms with Gasteiger partial charge in [0.15, 0.2) is 0 Å². The van der Waals surface area contributed by atoms with E-state index >= 15 is 0 Å². The Bertz CT molecular complexity index is 1640. The predicted molar refractivity (Wildman–Crippen MR) is 154 cm³/mol. The number of ether oxygens (including phenoxy) is 2. The number of nitrogens with one attached hydrogen (secondary N) is 1. The molecule has 1 saturated heterocycles. The average Bonchev–Trinajstić information content (AvgIpc) is 3.73. The molecule has 1 fully saturated rings. The standard InChI is InChI=1S/C34H28N2O2/c1-4-12-24(13-5-1)34(38-23-27-22-37-27)29-20-21-31(32-28-18-10-11-19-30(28)35-33(29)32)36(25-14-6-2-7-15-25)26-16-8-3-9-17-26/h1-21,27,34-35H,22-23H2. The molecule has 7 rings (SSSR count). The van der Waals surface area contributed by atoms with Gasteiger partial charge in [-0.05, 0) is 42.0 Å². The minimum absolute atomic E-state index is 0.186. The van der Waals surface area contributed by atoms with Crippen LogP contribution in [-0.4, -0.2) is 24.3 Å². The quantitative estimate of drug-likeness (QED) is 0.216. The number of anilines is 3. The number of fused-ring (bicyclic) bond motifs is 3. The number of rotatable bonds is 8. The molecule has 2 unspecified atom stereocenters. The van der Waals surface area contributed by atoms with E-state index in [0.717, 1.165) is 45.8 Å². The van der Waals surface area contributed by atoms with Crippen molar-refractivity contribution in [2.45, 2.75) is 12.2 Å². The third-order valence-corrected chi connectivity index (χ3v) is 7.18. The summed E-state index contributed by atoms with van der Waals surface area (Å²) in [5, 5.41) is 2.37. The van der Waals surface area contributed by atoms with Crippen molar-refractivity contribution in [3.05, 3.63) is 139 Å². The molecule has 1 N–H and O–H groups in total. The maximum Gasteiger partial charge on any atom is 0.110 e. The average molecular weight is 497 g/mol. The van der Waals surface area contributed by atoms with Crippen molar-refractivity contribution in [2.24, 2.45) is 0 Å². The first kappa shape index (κ1) is 22.8. The zero-order valence-corrected chi connectivity index (χ0v) is 21.0. The Kier molecular flexibility index (Phi) is 5.89. The first-order valence-corrected chi connectivity index (χ1v) is 13.1. The molecule has 0 radical (unpaired) electrons. The molecule has 1 aliphatic heterocycles. The second kappa shape index (κ2) is 9.82. The van der Waals surface area contributed by atoms with Gasteiger partial charge in [-0.25, -0.2) is 0 Å². The van der Waals surface area contributed by atoms with Crippen molar-refractivity contribution in [3.63, 3.8) is 0 Å². The largest absolute Gasteiger partial charge is 0.371 e. The first-order valence-electron chi connectivity index (χ1n) is 13.1. The third kappa shape index (κ3) is 4.24. The van der Waals surface area contributed by atoms with Crippen LogP contribution < -0.4 is 4.90 Å². The molecule has 4 nitrogen and oxygen atoms in total. The molecule has 0 spiro atoms. The molecule has 0 amide bonds. The third-order valence-electron chi connectivity index (χ3n) is 7.18. The molecule has 2 heterocycles. The van der Waals surface area contributed by atoms with E-state index in [4.69, 9.17) is 9.47 Å². The highest BCUT2D eigenvalue weighted by molar-refractivity contribution is 6.16. The van der Waals surface area contributed by atoms with Gasteiger partial charge in [0, 0.05) is 33.2 Å². The minimum Gasteiger partial charge on any atom is -0.371 e. The van der Waals surface area contributed by atoms with Crippen LogP contribution in [0.4, 0.5) is 17.1 Å². The summed E-state index contributed by atoms with van der Waals surface area (Å²) in [7, 11) is 0. The molecule has 1 aromatic heterocycles. The molecule has 1 aliphatic rings. The lowest BCUT2D eigenvalue weighted by Crippen LogP contribution is -2.13. The fraction of sp³-hybridized carbons (Fsp3) is 0.118. The second-order valence-electron chi connectivity index (χ2n) is 9.68. The normalized spacial score (nSPS) is 15.5. The molecule has 2 atom stereocenters. The SMILES string of the molecule is c1ccc(C(OCC2CO2)c2ccc(N(c3ccccc3)c3ccccc3)c3c2[nH]c2ccccc23)cc1. The highest BCUT2D eigenvalue weighted by Crippen LogP contribution is 2.44. The molecule has 0 bridgehead atoms. The van der Waals surface area contributed by atoms with Gasteiger partial charge in [0.1, 0.15) is 12.2 Å². The minimum atomic E-state index is -0.216. The van der Waals surface area contributed by atoms with Crippen molar-refractivity contribution in [3.8, 4) is 0 Å². The molecule has 6 aromatic rings. The summed E-state index contributed by atoms with van der Waals surface area (Å²) in [4.78, 5) is 6.10. The Morgan fingerprint density at radius 3 is 2.00 bits per heavy atom. The number of epoxide rings is 1. The van der Waals surface area contributed by atoms with Gasteiger partial charge >= 0.3 is 0 Å². The summed E-state index contributed by atoms with van der Waals surface area (Å²) in [6.45, 7) is 1.34. The Morgan fingerprint density at radius 2 is 1.34 bits per heavy atom. The monoisotopic (exact) mass is 496 g/mol. The van der Waals surface area contributed by atoms with Gasteiger partial charge in [0.25, 0.3) is 0 Å². The number of nitrogens with zero attached hydrogens (tertiary/aromatic N) is 1. The van der Waals surface area contributed by atoms with Gasteiger partial charge in [-0.1, -0.05) is 91.0 Å². The smallest absolute Gasteiger partial charge is 0.110 e. The summed E-state index contributed by atoms with van der Waals surface area (Å²) in [5.41, 5.74) is 7.79. The second-order valence-corrected chi connectivity index (χ2v) is 9.68. The Balaban J connectivity index is 1.48. The van der Waals surface area contributed by atoms with Crippen LogP contribution in [0.15, 0.2) is 127 Å². The number of H-pyrrole nitrogens is 1. The fourth-order valence-corrected chi connectivity index (χ4v) is 5.31. The summed E-state index contributed by atoms with van der Waals surface area (Å²) in [5.74, 6) is 0. The summed E-state index contributed by atoms with van der Waals surface area (Å²) in [6, 6.07) is 44.6. The lowest BCUT2D eigenvalue weighted by atomic mass is 9.97. The number of hydrogen-bond acceptors (Lipinski definition) is 3. The van der Waals surface area contributed by atoms with E-state index in [0.29, 0.717) is 6.61 Å². The number of aromatic nitrogens is 1. The number of benzene rings is 5. The van der Waals surface area contributed by atoms with Crippen molar-refractivity contribution < 1.29 is 9.47 Å². The lowest BCUT2D eigenvalue weighted by Gasteiger charge is -2.27. The molecule has 5 aromatic carbocycles. The summed E-state index contributed by atoms with van der Waals surface area (Å²) in [6.07, 6.45) is -0.0303. The zero-order valence-electron chi connectivity index (χ0n) is 21.0. The van der Waals surface area contributed by atoms with Gasteiger partial charge in [-0.3, -0.25) is 0 Å². The van der Waals surface area contributed by atoms with Crippen molar-refractivity contribution in [1.82, 2.24) is 4.98 Å². The molecular formula is C34H28N2O2. The van der Waals surface area contributed by atoms with E-state index in [-0.39, 0.29) is 12.2 Å². The van der Waals surface area contributed by atoms with Gasteiger partial charge in [-0.2, -0.15) is 0 Å². The first-order chi connectivity index (χ1) is 18.9. The topological polar surface area (TPSA) is 40.8 Å². The Labute approximate surface area is 222 Å². The maximum absolute atomic E-state index is 6.55. The highest BCUT2D eigenvalue weighted by atomic mass is 16.6. The highest BCUT2D eigenvalue weighted by Gasteiger charge is 2.28. The molecule has 0 aliphatic carbocycles. The zero-order chi connectivity index (χ0) is 25.3. The van der Waals surface area contributed by atoms with Crippen LogP contribution in [0.25, 0.3) is 21.8 Å². The van der Waals surface area contributed by atoms with Crippen LogP contribution in [0.1, 0.15) is 17.2 Å². The number of aromatic amines is 1. The van der Waals surface area contributed by atoms with E-state index in [9.17, 15) is 0 Å². The molecule has 4 heteroatoms. The maximum atomic E-state index is 6.55. The molecule has 186 valence electrons. The van der Waals surface area contributed by atoms with Gasteiger partial charge in [-0.15, -0.1) is 0 Å². The van der Waals surface area contributed by atoms with E-state index in [1.165, 1.54) is 10.8 Å². The van der Waals surface area contributed by atoms with E-state index in [1.807, 2.05) is 6.07 Å². The number of para-hydroxylation sites is 3. The van der Waals surface area contributed by atoms with Crippen LogP contribution in [0.5, 0.6) is 0 Å². The van der Waals surface area contributed by atoms with Crippen LogP contribution in [0.3, 0.4) is 0 Å². The van der Waals surface area contributed by atoms with E-state index < -0.39 is 0 Å². The van der Waals surface area contributed by atoms with Crippen LogP contribution in [0, 0.1) is 0 Å². The van der Waals surface area contributed by atoms with Gasteiger partial charge in [0.05, 0.1) is 24.4 Å². The van der Waals surface area contributed by atoms with Crippen LogP contribution in [-0.2, 0) is 9.47 Å². The molecule has 0 saturated carbocycles. The summed E-state index contributed by atoms with van der Waals surface area (Å²) >= 11 is 0. The lowest BCUT2D eigenvalue weighted by molar-refractivity contribution is 0.0680. The molecule has 38 heavy (non-hydrogen) atoms. The number of hydrogen-bond donors (Lipinski definition) is 1. The summed E-state index contributed by atoms with van der Waals surface area (Å²) < 4.78 is 12.0.